The van der Waals surface area contributed by atoms with E-state index >= 15 is 0 Å². The molecule has 0 unspecified atom stereocenters. The Bertz CT molecular complexity index is 1020. The predicted octanol–water partition coefficient (Wildman–Crippen LogP) is 5.37. The molecule has 3 aromatic rings. The molecule has 1 N–H and O–H groups in total. The molecule has 8 heteroatoms. The molecule has 0 atom stereocenters. The summed E-state index contributed by atoms with van der Waals surface area (Å²) in [6.07, 6.45) is 6.80. The summed E-state index contributed by atoms with van der Waals surface area (Å²) < 4.78 is 2.29. The summed E-state index contributed by atoms with van der Waals surface area (Å²) in [5.74, 6) is 1.21. The van der Waals surface area contributed by atoms with Crippen LogP contribution >= 0.6 is 23.1 Å². The van der Waals surface area contributed by atoms with Gasteiger partial charge in [0.2, 0.25) is 5.91 Å². The number of nitrogens with one attached hydrogen (secondary N) is 1. The third-order valence-corrected chi connectivity index (χ3v) is 7.27. The molecule has 31 heavy (non-hydrogen) atoms. The van der Waals surface area contributed by atoms with Gasteiger partial charge in [0, 0.05) is 35.5 Å². The van der Waals surface area contributed by atoms with E-state index in [4.69, 9.17) is 0 Å². The first kappa shape index (κ1) is 21.8. The quantitative estimate of drug-likeness (QED) is 0.366. The van der Waals surface area contributed by atoms with Crippen molar-refractivity contribution in [3.05, 3.63) is 58.0 Å². The van der Waals surface area contributed by atoms with Crippen molar-refractivity contribution in [2.75, 3.05) is 11.1 Å². The van der Waals surface area contributed by atoms with Crippen molar-refractivity contribution in [3.8, 4) is 0 Å². The van der Waals surface area contributed by atoms with Gasteiger partial charge in [-0.25, -0.2) is 0 Å². The SMILES string of the molecule is CC(=O)Nc1ccc(C(=O)CSc2nnc(Cc3cccs3)n2C2CCCCC2)cc1. The molecule has 0 aliphatic heterocycles. The summed E-state index contributed by atoms with van der Waals surface area (Å²) in [5.41, 5.74) is 1.32. The van der Waals surface area contributed by atoms with E-state index in [0.29, 0.717) is 23.0 Å². The summed E-state index contributed by atoms with van der Waals surface area (Å²) in [5, 5.41) is 14.6. The summed E-state index contributed by atoms with van der Waals surface area (Å²) in [4.78, 5) is 25.2. The Morgan fingerprint density at radius 1 is 1.13 bits per heavy atom. The number of hydrogen-bond donors (Lipinski definition) is 1. The van der Waals surface area contributed by atoms with Crippen molar-refractivity contribution < 1.29 is 9.59 Å². The van der Waals surface area contributed by atoms with Crippen molar-refractivity contribution >= 4 is 40.5 Å². The topological polar surface area (TPSA) is 76.9 Å². The standard InChI is InChI=1S/C23H26N4O2S2/c1-16(28)24-18-11-9-17(10-12-18)21(29)15-31-23-26-25-22(14-20-8-5-13-30-20)27(23)19-6-3-2-4-7-19/h5,8-13,19H,2-4,6-7,14-15H2,1H3,(H,24,28). The predicted molar refractivity (Wildman–Crippen MR) is 125 cm³/mol. The zero-order valence-corrected chi connectivity index (χ0v) is 19.2. The van der Waals surface area contributed by atoms with Crippen LogP contribution in [0.15, 0.2) is 46.9 Å². The second-order valence-electron chi connectivity index (χ2n) is 7.79. The Morgan fingerprint density at radius 2 is 1.90 bits per heavy atom. The number of carbonyl (C=O) groups is 2. The molecule has 0 saturated heterocycles. The molecular formula is C23H26N4O2S2. The second kappa shape index (κ2) is 10.2. The number of hydrogen-bond acceptors (Lipinski definition) is 6. The molecule has 1 aliphatic carbocycles. The number of ketones is 1. The van der Waals surface area contributed by atoms with Crippen LogP contribution in [0.25, 0.3) is 0 Å². The first-order valence-corrected chi connectivity index (χ1v) is 12.5. The van der Waals surface area contributed by atoms with Crippen LogP contribution in [0.3, 0.4) is 0 Å². The largest absolute Gasteiger partial charge is 0.326 e. The fourth-order valence-electron chi connectivity index (χ4n) is 3.96. The van der Waals surface area contributed by atoms with Crippen LogP contribution in [-0.4, -0.2) is 32.2 Å². The summed E-state index contributed by atoms with van der Waals surface area (Å²) in [7, 11) is 0. The van der Waals surface area contributed by atoms with Crippen molar-refractivity contribution in [2.24, 2.45) is 0 Å². The van der Waals surface area contributed by atoms with E-state index in [1.165, 1.54) is 42.8 Å². The molecule has 0 spiro atoms. The van der Waals surface area contributed by atoms with Gasteiger partial charge in [-0.05, 0) is 48.6 Å². The van der Waals surface area contributed by atoms with Crippen LogP contribution in [0.1, 0.15) is 66.1 Å². The maximum Gasteiger partial charge on any atom is 0.221 e. The van der Waals surface area contributed by atoms with Gasteiger partial charge in [-0.15, -0.1) is 21.5 Å². The molecule has 2 heterocycles. The highest BCUT2D eigenvalue weighted by Gasteiger charge is 2.24. The minimum absolute atomic E-state index is 0.0392. The van der Waals surface area contributed by atoms with E-state index in [0.717, 1.165) is 30.2 Å². The number of thiophene rings is 1. The molecule has 0 bridgehead atoms. The lowest BCUT2D eigenvalue weighted by Crippen LogP contribution is -2.17. The van der Waals surface area contributed by atoms with E-state index in [2.05, 4.69) is 37.6 Å². The molecule has 0 radical (unpaired) electrons. The van der Waals surface area contributed by atoms with E-state index in [-0.39, 0.29) is 11.7 Å². The number of rotatable bonds is 8. The Morgan fingerprint density at radius 3 is 2.58 bits per heavy atom. The van der Waals surface area contributed by atoms with Gasteiger partial charge in [-0.3, -0.25) is 9.59 Å². The minimum atomic E-state index is -0.130. The maximum absolute atomic E-state index is 12.7. The Hall–Kier alpha value is -2.45. The third kappa shape index (κ3) is 5.62. The lowest BCUT2D eigenvalue weighted by atomic mass is 9.95. The lowest BCUT2D eigenvalue weighted by Gasteiger charge is -2.25. The number of amides is 1. The average molecular weight is 455 g/mol. The van der Waals surface area contributed by atoms with Gasteiger partial charge in [-0.2, -0.15) is 0 Å². The van der Waals surface area contributed by atoms with Crippen molar-refractivity contribution in [2.45, 2.75) is 56.6 Å². The summed E-state index contributed by atoms with van der Waals surface area (Å²) >= 11 is 3.20. The zero-order chi connectivity index (χ0) is 21.6. The number of thioether (sulfide) groups is 1. The number of carbonyl (C=O) groups excluding carboxylic acids is 2. The highest BCUT2D eigenvalue weighted by atomic mass is 32.2. The summed E-state index contributed by atoms with van der Waals surface area (Å²) in [6, 6.07) is 11.6. The number of nitrogens with zero attached hydrogens (tertiary/aromatic N) is 3. The fourth-order valence-corrected chi connectivity index (χ4v) is 5.58. The van der Waals surface area contributed by atoms with Crippen LogP contribution in [0.2, 0.25) is 0 Å². The van der Waals surface area contributed by atoms with Gasteiger partial charge in [0.25, 0.3) is 0 Å². The van der Waals surface area contributed by atoms with Gasteiger partial charge in [0.15, 0.2) is 10.9 Å². The van der Waals surface area contributed by atoms with Gasteiger partial charge in [0.1, 0.15) is 5.82 Å². The molecule has 1 fully saturated rings. The van der Waals surface area contributed by atoms with E-state index in [1.807, 2.05) is 0 Å². The van der Waals surface area contributed by atoms with Gasteiger partial charge >= 0.3 is 0 Å². The van der Waals surface area contributed by atoms with E-state index < -0.39 is 0 Å². The zero-order valence-electron chi connectivity index (χ0n) is 17.5. The molecule has 4 rings (SSSR count). The lowest BCUT2D eigenvalue weighted by molar-refractivity contribution is -0.114. The van der Waals surface area contributed by atoms with Crippen LogP contribution in [-0.2, 0) is 11.2 Å². The average Bonchev–Trinajstić information content (AvgIpc) is 3.43. The second-order valence-corrected chi connectivity index (χ2v) is 9.76. The Balaban J connectivity index is 1.47. The van der Waals surface area contributed by atoms with E-state index in [1.54, 1.807) is 35.6 Å². The van der Waals surface area contributed by atoms with Crippen LogP contribution < -0.4 is 5.32 Å². The van der Waals surface area contributed by atoms with Crippen molar-refractivity contribution in [1.82, 2.24) is 14.8 Å². The number of aromatic nitrogens is 3. The molecule has 2 aromatic heterocycles. The number of benzene rings is 1. The smallest absolute Gasteiger partial charge is 0.221 e. The van der Waals surface area contributed by atoms with Crippen molar-refractivity contribution in [3.63, 3.8) is 0 Å². The first-order valence-electron chi connectivity index (χ1n) is 10.6. The third-order valence-electron chi connectivity index (χ3n) is 5.45. The Kier molecular flexibility index (Phi) is 7.19. The molecule has 162 valence electrons. The summed E-state index contributed by atoms with van der Waals surface area (Å²) in [6.45, 7) is 1.46. The minimum Gasteiger partial charge on any atom is -0.326 e. The molecule has 6 nitrogen and oxygen atoms in total. The van der Waals surface area contributed by atoms with Gasteiger partial charge in [-0.1, -0.05) is 37.1 Å². The van der Waals surface area contributed by atoms with Crippen LogP contribution in [0.4, 0.5) is 5.69 Å². The first-order chi connectivity index (χ1) is 15.1. The number of anilines is 1. The van der Waals surface area contributed by atoms with Crippen LogP contribution in [0.5, 0.6) is 0 Å². The van der Waals surface area contributed by atoms with E-state index in [9.17, 15) is 9.59 Å². The number of Topliss-reactive ketones (excluding diaryl/α,β-unsaturated/α-hetero) is 1. The van der Waals surface area contributed by atoms with Gasteiger partial charge < -0.3 is 9.88 Å². The Labute approximate surface area is 190 Å². The molecular weight excluding hydrogens is 428 g/mol. The maximum atomic E-state index is 12.7. The highest BCUT2D eigenvalue weighted by molar-refractivity contribution is 7.99. The highest BCUT2D eigenvalue weighted by Crippen LogP contribution is 2.33. The monoisotopic (exact) mass is 454 g/mol. The van der Waals surface area contributed by atoms with Gasteiger partial charge in [0.05, 0.1) is 5.75 Å². The molecule has 1 saturated carbocycles. The molecule has 1 aromatic carbocycles. The fraction of sp³-hybridized carbons (Fsp3) is 0.391. The van der Waals surface area contributed by atoms with Crippen molar-refractivity contribution in [1.29, 1.82) is 0 Å². The molecule has 1 aliphatic rings. The van der Waals surface area contributed by atoms with Crippen LogP contribution in [0, 0.1) is 0 Å². The normalized spacial score (nSPS) is 14.5. The molecule has 1 amide bonds.